The summed E-state index contributed by atoms with van der Waals surface area (Å²) in [5, 5.41) is 6.63. The van der Waals surface area contributed by atoms with Gasteiger partial charge < -0.3 is 15.4 Å². The smallest absolute Gasteiger partial charge is 0.225 e. The fourth-order valence-electron chi connectivity index (χ4n) is 2.70. The summed E-state index contributed by atoms with van der Waals surface area (Å²) in [5.41, 5.74) is 4.22. The Morgan fingerprint density at radius 3 is 2.62 bits per heavy atom. The highest BCUT2D eigenvalue weighted by Crippen LogP contribution is 2.27. The third-order valence-corrected chi connectivity index (χ3v) is 3.84. The van der Waals surface area contributed by atoms with Crippen LogP contribution in [0.1, 0.15) is 23.7 Å². The fraction of sp³-hybridized carbons (Fsp3) is 0.238. The van der Waals surface area contributed by atoms with E-state index in [1.54, 1.807) is 0 Å². The second-order valence-electron chi connectivity index (χ2n) is 6.11. The van der Waals surface area contributed by atoms with Gasteiger partial charge in [-0.05, 0) is 38.5 Å². The highest BCUT2D eigenvalue weighted by atomic mass is 16.5. The van der Waals surface area contributed by atoms with E-state index in [-0.39, 0.29) is 0 Å². The van der Waals surface area contributed by atoms with Crippen LogP contribution in [-0.2, 0) is 6.54 Å². The number of rotatable bonds is 7. The van der Waals surface area contributed by atoms with Crippen LogP contribution in [0.3, 0.4) is 0 Å². The summed E-state index contributed by atoms with van der Waals surface area (Å²) >= 11 is 0. The van der Waals surface area contributed by atoms with Gasteiger partial charge in [-0.15, -0.1) is 0 Å². The number of nitrogens with zero attached hydrogens (tertiary/aromatic N) is 2. The molecule has 0 aliphatic heterocycles. The minimum Gasteiger partial charge on any atom is -0.492 e. The van der Waals surface area contributed by atoms with Crippen LogP contribution >= 0.6 is 0 Å². The van der Waals surface area contributed by atoms with Gasteiger partial charge in [0.25, 0.3) is 0 Å². The summed E-state index contributed by atoms with van der Waals surface area (Å²) in [4.78, 5) is 9.06. The Morgan fingerprint density at radius 2 is 1.81 bits per heavy atom. The Morgan fingerprint density at radius 1 is 0.962 bits per heavy atom. The molecule has 5 nitrogen and oxygen atoms in total. The number of ether oxygens (including phenoxy) is 1. The first-order valence-electron chi connectivity index (χ1n) is 8.78. The van der Waals surface area contributed by atoms with E-state index in [1.165, 1.54) is 11.1 Å². The van der Waals surface area contributed by atoms with E-state index in [0.717, 1.165) is 22.9 Å². The highest BCUT2D eigenvalue weighted by molar-refractivity contribution is 5.64. The summed E-state index contributed by atoms with van der Waals surface area (Å²) < 4.78 is 5.66. The molecule has 0 saturated carbocycles. The van der Waals surface area contributed by atoms with Crippen molar-refractivity contribution < 1.29 is 4.74 Å². The Kier molecular flexibility index (Phi) is 5.69. The van der Waals surface area contributed by atoms with Gasteiger partial charge in [-0.2, -0.15) is 4.98 Å². The molecule has 0 aliphatic carbocycles. The summed E-state index contributed by atoms with van der Waals surface area (Å²) in [5.74, 6) is 2.14. The molecule has 0 aliphatic rings. The van der Waals surface area contributed by atoms with E-state index < -0.39 is 0 Å². The van der Waals surface area contributed by atoms with Crippen molar-refractivity contribution >= 4 is 17.5 Å². The number of aryl methyl sites for hydroxylation is 2. The molecule has 0 spiro atoms. The number of nitrogens with one attached hydrogen (secondary N) is 2. The van der Waals surface area contributed by atoms with Crippen LogP contribution in [0.15, 0.2) is 54.6 Å². The van der Waals surface area contributed by atoms with Crippen LogP contribution in [0, 0.1) is 13.8 Å². The average molecular weight is 348 g/mol. The van der Waals surface area contributed by atoms with E-state index >= 15 is 0 Å². The Bertz CT molecular complexity index is 879. The molecule has 1 heterocycles. The summed E-state index contributed by atoms with van der Waals surface area (Å²) in [7, 11) is 0. The van der Waals surface area contributed by atoms with Gasteiger partial charge in [-0.1, -0.05) is 42.0 Å². The first-order chi connectivity index (χ1) is 12.6. The monoisotopic (exact) mass is 348 g/mol. The molecule has 0 unspecified atom stereocenters. The molecule has 134 valence electrons. The minimum absolute atomic E-state index is 0.600. The second kappa shape index (κ2) is 8.34. The zero-order valence-corrected chi connectivity index (χ0v) is 15.4. The van der Waals surface area contributed by atoms with E-state index in [4.69, 9.17) is 4.74 Å². The largest absolute Gasteiger partial charge is 0.492 e. The highest BCUT2D eigenvalue weighted by Gasteiger charge is 2.07. The van der Waals surface area contributed by atoms with Gasteiger partial charge in [0.2, 0.25) is 5.95 Å². The topological polar surface area (TPSA) is 59.1 Å². The standard InChI is InChI=1S/C21H24N4O/c1-4-26-19-11-6-5-10-18(19)24-20-13-16(3)23-21(25-20)22-14-17-9-7-8-15(2)12-17/h5-13H,4,14H2,1-3H3,(H2,22,23,24,25). The third-order valence-electron chi connectivity index (χ3n) is 3.84. The number of anilines is 3. The number of para-hydroxylation sites is 2. The number of hydrogen-bond acceptors (Lipinski definition) is 5. The van der Waals surface area contributed by atoms with E-state index in [1.807, 2.05) is 44.2 Å². The molecule has 0 radical (unpaired) electrons. The molecule has 0 fully saturated rings. The van der Waals surface area contributed by atoms with Gasteiger partial charge in [-0.25, -0.2) is 4.98 Å². The van der Waals surface area contributed by atoms with Gasteiger partial charge >= 0.3 is 0 Å². The van der Waals surface area contributed by atoms with Crippen molar-refractivity contribution in [3.8, 4) is 5.75 Å². The fourth-order valence-corrected chi connectivity index (χ4v) is 2.70. The van der Waals surface area contributed by atoms with Crippen LogP contribution in [0.5, 0.6) is 5.75 Å². The van der Waals surface area contributed by atoms with Gasteiger partial charge in [0, 0.05) is 18.3 Å². The van der Waals surface area contributed by atoms with E-state index in [2.05, 4.69) is 51.8 Å². The predicted octanol–water partition coefficient (Wildman–Crippen LogP) is 4.85. The molecule has 0 atom stereocenters. The SMILES string of the molecule is CCOc1ccccc1Nc1cc(C)nc(NCc2cccc(C)c2)n1. The summed E-state index contributed by atoms with van der Waals surface area (Å²) in [6, 6.07) is 18.1. The number of hydrogen-bond donors (Lipinski definition) is 2. The molecule has 0 amide bonds. The van der Waals surface area contributed by atoms with Gasteiger partial charge in [-0.3, -0.25) is 0 Å². The van der Waals surface area contributed by atoms with Crippen LogP contribution in [0.2, 0.25) is 0 Å². The van der Waals surface area contributed by atoms with Crippen LogP contribution in [0.4, 0.5) is 17.5 Å². The molecule has 26 heavy (non-hydrogen) atoms. The van der Waals surface area contributed by atoms with Crippen molar-refractivity contribution in [2.75, 3.05) is 17.2 Å². The Labute approximate surface area is 154 Å². The molecular weight excluding hydrogens is 324 g/mol. The third kappa shape index (κ3) is 4.72. The van der Waals surface area contributed by atoms with Crippen molar-refractivity contribution in [2.24, 2.45) is 0 Å². The molecular formula is C21H24N4O. The number of aromatic nitrogens is 2. The van der Waals surface area contributed by atoms with Crippen molar-refractivity contribution in [1.29, 1.82) is 0 Å². The predicted molar refractivity (Wildman–Crippen MR) is 106 cm³/mol. The lowest BCUT2D eigenvalue weighted by molar-refractivity contribution is 0.342. The summed E-state index contributed by atoms with van der Waals surface area (Å²) in [6.45, 7) is 7.31. The Hall–Kier alpha value is -3.08. The van der Waals surface area contributed by atoms with E-state index in [0.29, 0.717) is 19.1 Å². The lowest BCUT2D eigenvalue weighted by atomic mass is 10.1. The molecule has 0 saturated heterocycles. The lowest BCUT2D eigenvalue weighted by Gasteiger charge is -2.13. The van der Waals surface area contributed by atoms with Crippen LogP contribution in [0.25, 0.3) is 0 Å². The van der Waals surface area contributed by atoms with Crippen LogP contribution < -0.4 is 15.4 Å². The zero-order valence-electron chi connectivity index (χ0n) is 15.4. The van der Waals surface area contributed by atoms with Crippen molar-refractivity contribution in [3.63, 3.8) is 0 Å². The molecule has 3 aromatic rings. The lowest BCUT2D eigenvalue weighted by Crippen LogP contribution is -2.07. The zero-order chi connectivity index (χ0) is 18.4. The van der Waals surface area contributed by atoms with Crippen molar-refractivity contribution in [3.05, 3.63) is 71.4 Å². The molecule has 2 N–H and O–H groups in total. The summed E-state index contributed by atoms with van der Waals surface area (Å²) in [6.07, 6.45) is 0. The van der Waals surface area contributed by atoms with Crippen LogP contribution in [-0.4, -0.2) is 16.6 Å². The average Bonchev–Trinajstić information content (AvgIpc) is 2.62. The van der Waals surface area contributed by atoms with Gasteiger partial charge in [0.05, 0.1) is 12.3 Å². The molecule has 1 aromatic heterocycles. The van der Waals surface area contributed by atoms with Crippen molar-refractivity contribution in [2.45, 2.75) is 27.3 Å². The van der Waals surface area contributed by atoms with Gasteiger partial charge in [0.15, 0.2) is 0 Å². The number of benzene rings is 2. The molecule has 2 aromatic carbocycles. The first kappa shape index (κ1) is 17.7. The maximum absolute atomic E-state index is 5.66. The van der Waals surface area contributed by atoms with E-state index in [9.17, 15) is 0 Å². The Balaban J connectivity index is 1.75. The molecule has 3 rings (SSSR count). The maximum atomic E-state index is 5.66. The first-order valence-corrected chi connectivity index (χ1v) is 8.78. The van der Waals surface area contributed by atoms with Gasteiger partial charge in [0.1, 0.15) is 11.6 Å². The minimum atomic E-state index is 0.600. The van der Waals surface area contributed by atoms with Crippen molar-refractivity contribution in [1.82, 2.24) is 9.97 Å². The molecule has 5 heteroatoms. The maximum Gasteiger partial charge on any atom is 0.225 e. The molecule has 0 bridgehead atoms. The quantitative estimate of drug-likeness (QED) is 0.639. The second-order valence-corrected chi connectivity index (χ2v) is 6.11. The normalized spacial score (nSPS) is 10.4.